The molecule has 0 spiro atoms. The number of amides is 2. The van der Waals surface area contributed by atoms with Crippen LogP contribution in [0.25, 0.3) is 16.9 Å². The fourth-order valence-corrected chi connectivity index (χ4v) is 4.34. The lowest BCUT2D eigenvalue weighted by Crippen LogP contribution is -2.38. The summed E-state index contributed by atoms with van der Waals surface area (Å²) in [6.45, 7) is 4.91. The maximum atomic E-state index is 13.2. The lowest BCUT2D eigenvalue weighted by molar-refractivity contribution is -0.134. The zero-order valence-corrected chi connectivity index (χ0v) is 22.8. The lowest BCUT2D eigenvalue weighted by atomic mass is 10.1. The van der Waals surface area contributed by atoms with Gasteiger partial charge in [-0.15, -0.1) is 0 Å². The molecule has 1 N–H and O–H groups in total. The quantitative estimate of drug-likeness (QED) is 0.210. The van der Waals surface area contributed by atoms with E-state index in [1.54, 1.807) is 21.7 Å². The van der Waals surface area contributed by atoms with Crippen molar-refractivity contribution in [1.29, 1.82) is 0 Å². The predicted octanol–water partition coefficient (Wildman–Crippen LogP) is 7.51. The molecule has 198 valence electrons. The maximum absolute atomic E-state index is 13.2. The summed E-state index contributed by atoms with van der Waals surface area (Å²) in [4.78, 5) is 27.8. The first-order valence-corrected chi connectivity index (χ1v) is 13.9. The lowest BCUT2D eigenvalue weighted by Gasteiger charge is -2.22. The van der Waals surface area contributed by atoms with Crippen molar-refractivity contribution < 1.29 is 9.59 Å². The van der Waals surface area contributed by atoms with Crippen LogP contribution in [0.5, 0.6) is 0 Å². The van der Waals surface area contributed by atoms with E-state index in [4.69, 9.17) is 16.7 Å². The van der Waals surface area contributed by atoms with Gasteiger partial charge in [0.25, 0.3) is 0 Å². The first-order chi connectivity index (χ1) is 18.0. The number of hydrogen-bond donors (Lipinski definition) is 1. The Morgan fingerprint density at radius 1 is 0.892 bits per heavy atom. The minimum absolute atomic E-state index is 0.0289. The molecule has 0 radical (unpaired) electrons. The van der Waals surface area contributed by atoms with Crippen molar-refractivity contribution >= 4 is 29.2 Å². The molecule has 2 amide bonds. The zero-order valence-electron chi connectivity index (χ0n) is 22.1. The molecule has 3 aromatic rings. The van der Waals surface area contributed by atoms with Crippen LogP contribution in [-0.2, 0) is 9.59 Å². The Balaban J connectivity index is 1.71. The van der Waals surface area contributed by atoms with E-state index in [1.165, 1.54) is 19.3 Å². The third-order valence-corrected chi connectivity index (χ3v) is 6.58. The van der Waals surface area contributed by atoms with Crippen LogP contribution in [0.1, 0.15) is 71.6 Å². The van der Waals surface area contributed by atoms with E-state index >= 15 is 0 Å². The summed E-state index contributed by atoms with van der Waals surface area (Å²) >= 11 is 6.08. The van der Waals surface area contributed by atoms with Gasteiger partial charge in [-0.2, -0.15) is 5.10 Å². The Bertz CT molecular complexity index is 1110. The molecular weight excluding hydrogens is 484 g/mol. The molecule has 6 nitrogen and oxygen atoms in total. The van der Waals surface area contributed by atoms with E-state index in [9.17, 15) is 9.59 Å². The SMILES string of the molecule is CCCCCCCCC(=O)N(CCCC)CC(=O)Nc1cc(-c2ccccc2)nn1-c1ccc(Cl)cc1. The number of anilines is 1. The van der Waals surface area contributed by atoms with Crippen LogP contribution < -0.4 is 5.32 Å². The van der Waals surface area contributed by atoms with Gasteiger partial charge in [-0.25, -0.2) is 4.68 Å². The van der Waals surface area contributed by atoms with Gasteiger partial charge in [0.1, 0.15) is 5.82 Å². The highest BCUT2D eigenvalue weighted by atomic mass is 35.5. The summed E-state index contributed by atoms with van der Waals surface area (Å²) < 4.78 is 1.70. The number of rotatable bonds is 15. The highest BCUT2D eigenvalue weighted by Gasteiger charge is 2.19. The van der Waals surface area contributed by atoms with Crippen molar-refractivity contribution in [2.75, 3.05) is 18.4 Å². The minimum atomic E-state index is -0.234. The molecule has 37 heavy (non-hydrogen) atoms. The number of benzene rings is 2. The standard InChI is InChI=1S/C30H39ClN4O2/c1-3-5-7-8-9-13-16-30(37)34(21-6-4-2)23-29(36)32-28-22-27(24-14-11-10-12-15-24)33-35(28)26-19-17-25(31)18-20-26/h10-12,14-15,17-20,22H,3-9,13,16,21,23H2,1-2H3,(H,32,36). The fraction of sp³-hybridized carbons (Fsp3) is 0.433. The molecular formula is C30H39ClN4O2. The normalized spacial score (nSPS) is 10.9. The number of unbranched alkanes of at least 4 members (excludes halogenated alkanes) is 6. The average molecular weight is 523 g/mol. The van der Waals surface area contributed by atoms with Gasteiger partial charge in [-0.3, -0.25) is 9.59 Å². The summed E-state index contributed by atoms with van der Waals surface area (Å²) in [5, 5.41) is 8.37. The monoisotopic (exact) mass is 522 g/mol. The van der Waals surface area contributed by atoms with E-state index in [0.29, 0.717) is 23.8 Å². The molecule has 2 aromatic carbocycles. The van der Waals surface area contributed by atoms with E-state index < -0.39 is 0 Å². The van der Waals surface area contributed by atoms with Crippen LogP contribution in [-0.4, -0.2) is 39.6 Å². The highest BCUT2D eigenvalue weighted by Crippen LogP contribution is 2.25. The zero-order chi connectivity index (χ0) is 26.5. The third-order valence-electron chi connectivity index (χ3n) is 6.33. The topological polar surface area (TPSA) is 67.2 Å². The Kier molecular flexibility index (Phi) is 11.7. The second kappa shape index (κ2) is 15.2. The number of carbonyl (C=O) groups excluding carboxylic acids is 2. The number of aromatic nitrogens is 2. The van der Waals surface area contributed by atoms with Crippen molar-refractivity contribution in [3.63, 3.8) is 0 Å². The second-order valence-electron chi connectivity index (χ2n) is 9.40. The smallest absolute Gasteiger partial charge is 0.245 e. The summed E-state index contributed by atoms with van der Waals surface area (Å²) in [5.74, 6) is 0.363. The molecule has 7 heteroatoms. The van der Waals surface area contributed by atoms with Gasteiger partial charge in [0, 0.05) is 29.6 Å². The van der Waals surface area contributed by atoms with Crippen LogP contribution in [0.15, 0.2) is 60.7 Å². The van der Waals surface area contributed by atoms with Gasteiger partial charge in [0.2, 0.25) is 11.8 Å². The molecule has 0 fully saturated rings. The molecule has 0 unspecified atom stereocenters. The van der Waals surface area contributed by atoms with E-state index in [0.717, 1.165) is 49.0 Å². The highest BCUT2D eigenvalue weighted by molar-refractivity contribution is 6.30. The van der Waals surface area contributed by atoms with E-state index in [1.807, 2.05) is 48.5 Å². The minimum Gasteiger partial charge on any atom is -0.333 e. The van der Waals surface area contributed by atoms with Gasteiger partial charge in [0.05, 0.1) is 17.9 Å². The molecule has 1 aromatic heterocycles. The Morgan fingerprint density at radius 2 is 1.57 bits per heavy atom. The van der Waals surface area contributed by atoms with Crippen molar-refractivity contribution in [2.24, 2.45) is 0 Å². The first kappa shape index (κ1) is 28.5. The fourth-order valence-electron chi connectivity index (χ4n) is 4.21. The van der Waals surface area contributed by atoms with Gasteiger partial charge in [-0.05, 0) is 37.1 Å². The van der Waals surface area contributed by atoms with Crippen molar-refractivity contribution in [1.82, 2.24) is 14.7 Å². The number of nitrogens with one attached hydrogen (secondary N) is 1. The van der Waals surface area contributed by atoms with Crippen LogP contribution in [0.4, 0.5) is 5.82 Å². The van der Waals surface area contributed by atoms with Crippen molar-refractivity contribution in [3.05, 3.63) is 65.7 Å². The molecule has 0 atom stereocenters. The number of hydrogen-bond acceptors (Lipinski definition) is 3. The first-order valence-electron chi connectivity index (χ1n) is 13.5. The predicted molar refractivity (Wildman–Crippen MR) is 152 cm³/mol. The van der Waals surface area contributed by atoms with E-state index in [2.05, 4.69) is 19.2 Å². The largest absolute Gasteiger partial charge is 0.333 e. The molecule has 0 aliphatic carbocycles. The Labute approximate surface area is 226 Å². The van der Waals surface area contributed by atoms with Gasteiger partial charge < -0.3 is 10.2 Å². The maximum Gasteiger partial charge on any atom is 0.245 e. The van der Waals surface area contributed by atoms with Crippen LogP contribution in [0.2, 0.25) is 5.02 Å². The molecule has 1 heterocycles. The molecule has 0 aliphatic heterocycles. The molecule has 0 saturated carbocycles. The van der Waals surface area contributed by atoms with Gasteiger partial charge >= 0.3 is 0 Å². The number of carbonyl (C=O) groups is 2. The number of nitrogens with zero attached hydrogens (tertiary/aromatic N) is 3. The molecule has 0 bridgehead atoms. The summed E-state index contributed by atoms with van der Waals surface area (Å²) in [7, 11) is 0. The molecule has 0 saturated heterocycles. The number of halogens is 1. The van der Waals surface area contributed by atoms with Crippen LogP contribution in [0, 0.1) is 0 Å². The van der Waals surface area contributed by atoms with E-state index in [-0.39, 0.29) is 18.4 Å². The summed E-state index contributed by atoms with van der Waals surface area (Å²) in [5.41, 5.74) is 2.47. The van der Waals surface area contributed by atoms with Crippen molar-refractivity contribution in [3.8, 4) is 16.9 Å². The summed E-state index contributed by atoms with van der Waals surface area (Å²) in [6.07, 6.45) is 9.09. The van der Waals surface area contributed by atoms with Gasteiger partial charge in [0.15, 0.2) is 0 Å². The van der Waals surface area contributed by atoms with Gasteiger partial charge in [-0.1, -0.05) is 94.3 Å². The van der Waals surface area contributed by atoms with Crippen LogP contribution in [0.3, 0.4) is 0 Å². The molecule has 3 rings (SSSR count). The molecule has 0 aliphatic rings. The Morgan fingerprint density at radius 3 is 2.27 bits per heavy atom. The average Bonchev–Trinajstić information content (AvgIpc) is 3.32. The third kappa shape index (κ3) is 9.04. The van der Waals surface area contributed by atoms with Crippen molar-refractivity contribution in [2.45, 2.75) is 71.6 Å². The second-order valence-corrected chi connectivity index (χ2v) is 9.84. The Hall–Kier alpha value is -3.12. The summed E-state index contributed by atoms with van der Waals surface area (Å²) in [6, 6.07) is 19.0. The van der Waals surface area contributed by atoms with Crippen LogP contribution >= 0.6 is 11.6 Å².